The van der Waals surface area contributed by atoms with Crippen LogP contribution in [0.5, 0.6) is 0 Å². The molecule has 6 nitrogen and oxygen atoms in total. The van der Waals surface area contributed by atoms with Crippen LogP contribution in [0, 0.1) is 10.1 Å². The van der Waals surface area contributed by atoms with E-state index in [2.05, 4.69) is 0 Å². The number of nitrogens with zero attached hydrogens (tertiary/aromatic N) is 2. The van der Waals surface area contributed by atoms with E-state index in [1.165, 1.54) is 12.1 Å². The van der Waals surface area contributed by atoms with Crippen molar-refractivity contribution in [3.8, 4) is 0 Å². The van der Waals surface area contributed by atoms with Gasteiger partial charge >= 0.3 is 5.97 Å². The van der Waals surface area contributed by atoms with Gasteiger partial charge < -0.3 is 9.67 Å². The largest absolute Gasteiger partial charge is 0.477 e. The number of carbonyl (C=O) groups is 1. The Morgan fingerprint density at radius 1 is 1.26 bits per heavy atom. The Morgan fingerprint density at radius 3 is 2.68 bits per heavy atom. The minimum Gasteiger partial charge on any atom is -0.477 e. The molecule has 0 unspecified atom stereocenters. The first kappa shape index (κ1) is 12.8. The van der Waals surface area contributed by atoms with Gasteiger partial charge in [-0.3, -0.25) is 10.1 Å². The van der Waals surface area contributed by atoms with Gasteiger partial charge in [-0.25, -0.2) is 4.79 Å². The number of nitro benzene ring substituents is 1. The van der Waals surface area contributed by atoms with Crippen LogP contribution in [0.3, 0.4) is 0 Å². The maximum absolute atomic E-state index is 10.9. The number of benzene rings is 1. The summed E-state index contributed by atoms with van der Waals surface area (Å²) in [6, 6.07) is 9.62. The number of aromatic carboxylic acids is 1. The third-order valence-corrected chi connectivity index (χ3v) is 2.86. The molecular weight excluding hydrogens is 248 g/mol. The minimum atomic E-state index is -1.01. The number of aryl methyl sites for hydroxylation is 2. The zero-order chi connectivity index (χ0) is 13.8. The molecule has 0 bridgehead atoms. The van der Waals surface area contributed by atoms with Crippen LogP contribution in [0.25, 0.3) is 0 Å². The molecule has 0 amide bonds. The fourth-order valence-corrected chi connectivity index (χ4v) is 1.94. The van der Waals surface area contributed by atoms with Crippen LogP contribution < -0.4 is 0 Å². The van der Waals surface area contributed by atoms with Crippen molar-refractivity contribution in [1.29, 1.82) is 0 Å². The molecule has 0 atom stereocenters. The van der Waals surface area contributed by atoms with Crippen molar-refractivity contribution in [2.24, 2.45) is 0 Å². The summed E-state index contributed by atoms with van der Waals surface area (Å²) in [6.07, 6.45) is 2.06. The molecule has 2 aromatic rings. The lowest BCUT2D eigenvalue weighted by molar-refractivity contribution is -0.385. The first-order valence-electron chi connectivity index (χ1n) is 5.70. The molecule has 0 fully saturated rings. The summed E-state index contributed by atoms with van der Waals surface area (Å²) in [5.41, 5.74) is 0.836. The van der Waals surface area contributed by atoms with E-state index in [4.69, 9.17) is 5.11 Å². The van der Waals surface area contributed by atoms with E-state index in [1.54, 1.807) is 35.0 Å². The van der Waals surface area contributed by atoms with Crippen molar-refractivity contribution in [2.45, 2.75) is 13.0 Å². The average Bonchev–Trinajstić information content (AvgIpc) is 2.85. The Morgan fingerprint density at radius 2 is 2.00 bits per heavy atom. The van der Waals surface area contributed by atoms with E-state index >= 15 is 0 Å². The zero-order valence-corrected chi connectivity index (χ0v) is 10.0. The maximum Gasteiger partial charge on any atom is 0.352 e. The molecule has 1 aromatic carbocycles. The molecule has 0 aliphatic carbocycles. The minimum absolute atomic E-state index is 0.0616. The van der Waals surface area contributed by atoms with Crippen molar-refractivity contribution < 1.29 is 14.8 Å². The number of carboxylic acid groups (broad SMARTS) is 1. The molecule has 0 saturated heterocycles. The van der Waals surface area contributed by atoms with E-state index in [1.807, 2.05) is 0 Å². The molecule has 0 spiro atoms. The SMILES string of the molecule is O=C(O)c1cccn1CCc1ccccc1[N+](=O)[O-]. The van der Waals surface area contributed by atoms with Gasteiger partial charge in [0.15, 0.2) is 0 Å². The fraction of sp³-hybridized carbons (Fsp3) is 0.154. The van der Waals surface area contributed by atoms with Gasteiger partial charge in [0, 0.05) is 24.4 Å². The lowest BCUT2D eigenvalue weighted by Gasteiger charge is -2.06. The predicted molar refractivity (Wildman–Crippen MR) is 68.2 cm³/mol. The summed E-state index contributed by atoms with van der Waals surface area (Å²) in [6.45, 7) is 0.388. The third-order valence-electron chi connectivity index (χ3n) is 2.86. The Labute approximate surface area is 109 Å². The van der Waals surface area contributed by atoms with Crippen molar-refractivity contribution in [1.82, 2.24) is 4.57 Å². The lowest BCUT2D eigenvalue weighted by atomic mass is 10.1. The molecule has 6 heteroatoms. The monoisotopic (exact) mass is 260 g/mol. The summed E-state index contributed by atoms with van der Waals surface area (Å²) in [5, 5.41) is 19.8. The first-order chi connectivity index (χ1) is 9.09. The molecule has 1 N–H and O–H groups in total. The van der Waals surface area contributed by atoms with Gasteiger partial charge in [0.2, 0.25) is 0 Å². The molecule has 19 heavy (non-hydrogen) atoms. The second-order valence-corrected chi connectivity index (χ2v) is 4.03. The van der Waals surface area contributed by atoms with Crippen molar-refractivity contribution in [3.05, 3.63) is 64.0 Å². The normalized spacial score (nSPS) is 10.3. The van der Waals surface area contributed by atoms with E-state index in [-0.39, 0.29) is 11.4 Å². The molecule has 0 aliphatic rings. The Hall–Kier alpha value is -2.63. The van der Waals surface area contributed by atoms with Crippen LogP contribution in [0.4, 0.5) is 5.69 Å². The van der Waals surface area contributed by atoms with Gasteiger partial charge in [-0.2, -0.15) is 0 Å². The third kappa shape index (κ3) is 2.79. The molecule has 98 valence electrons. The summed E-state index contributed by atoms with van der Waals surface area (Å²) < 4.78 is 1.57. The Kier molecular flexibility index (Phi) is 3.61. The summed E-state index contributed by atoms with van der Waals surface area (Å²) in [5.74, 6) is -1.01. The first-order valence-corrected chi connectivity index (χ1v) is 5.70. The number of nitro groups is 1. The van der Waals surface area contributed by atoms with Crippen LogP contribution in [-0.4, -0.2) is 20.6 Å². The van der Waals surface area contributed by atoms with Crippen LogP contribution in [0.15, 0.2) is 42.6 Å². The fourth-order valence-electron chi connectivity index (χ4n) is 1.94. The number of carboxylic acids is 1. The van der Waals surface area contributed by atoms with Crippen LogP contribution in [-0.2, 0) is 13.0 Å². The molecule has 0 saturated carbocycles. The van der Waals surface area contributed by atoms with E-state index in [9.17, 15) is 14.9 Å². The van der Waals surface area contributed by atoms with E-state index < -0.39 is 10.9 Å². The van der Waals surface area contributed by atoms with Crippen molar-refractivity contribution in [3.63, 3.8) is 0 Å². The van der Waals surface area contributed by atoms with Gasteiger partial charge in [0.1, 0.15) is 5.69 Å². The highest BCUT2D eigenvalue weighted by Crippen LogP contribution is 2.19. The van der Waals surface area contributed by atoms with Gasteiger partial charge in [0.25, 0.3) is 5.69 Å². The second kappa shape index (κ2) is 5.34. The average molecular weight is 260 g/mol. The van der Waals surface area contributed by atoms with Gasteiger partial charge in [-0.05, 0) is 18.6 Å². The zero-order valence-electron chi connectivity index (χ0n) is 10.0. The summed E-state index contributed by atoms with van der Waals surface area (Å²) in [4.78, 5) is 21.4. The summed E-state index contributed by atoms with van der Waals surface area (Å²) >= 11 is 0. The molecule has 0 radical (unpaired) electrons. The molecule has 1 heterocycles. The summed E-state index contributed by atoms with van der Waals surface area (Å²) in [7, 11) is 0. The van der Waals surface area contributed by atoms with Crippen LogP contribution in [0.1, 0.15) is 16.1 Å². The smallest absolute Gasteiger partial charge is 0.352 e. The highest BCUT2D eigenvalue weighted by atomic mass is 16.6. The standard InChI is InChI=1S/C13H12N2O4/c16-13(17)12-6-3-8-14(12)9-7-10-4-1-2-5-11(10)15(18)19/h1-6,8H,7,9H2,(H,16,17). The number of hydrogen-bond acceptors (Lipinski definition) is 3. The van der Waals surface area contributed by atoms with Crippen LogP contribution in [0.2, 0.25) is 0 Å². The molecule has 1 aromatic heterocycles. The van der Waals surface area contributed by atoms with Crippen LogP contribution >= 0.6 is 0 Å². The second-order valence-electron chi connectivity index (χ2n) is 4.03. The van der Waals surface area contributed by atoms with Gasteiger partial charge in [0.05, 0.1) is 4.92 Å². The highest BCUT2D eigenvalue weighted by molar-refractivity contribution is 5.85. The van der Waals surface area contributed by atoms with Crippen molar-refractivity contribution in [2.75, 3.05) is 0 Å². The number of para-hydroxylation sites is 1. The Balaban J connectivity index is 2.17. The van der Waals surface area contributed by atoms with Gasteiger partial charge in [-0.1, -0.05) is 18.2 Å². The number of aromatic nitrogens is 1. The molecular formula is C13H12N2O4. The quantitative estimate of drug-likeness (QED) is 0.660. The lowest BCUT2D eigenvalue weighted by Crippen LogP contribution is -2.09. The highest BCUT2D eigenvalue weighted by Gasteiger charge is 2.13. The molecule has 0 aliphatic heterocycles. The number of hydrogen-bond donors (Lipinski definition) is 1. The molecule has 2 rings (SSSR count). The van der Waals surface area contributed by atoms with Gasteiger partial charge in [-0.15, -0.1) is 0 Å². The topological polar surface area (TPSA) is 85.4 Å². The predicted octanol–water partition coefficient (Wildman–Crippen LogP) is 2.34. The Bertz CT molecular complexity index is 619. The van der Waals surface area contributed by atoms with Crippen molar-refractivity contribution >= 4 is 11.7 Å². The van der Waals surface area contributed by atoms with E-state index in [0.29, 0.717) is 18.5 Å². The maximum atomic E-state index is 10.9. The number of rotatable bonds is 5. The van der Waals surface area contributed by atoms with E-state index in [0.717, 1.165) is 0 Å².